The largest absolute Gasteiger partial charge is 0.334 e. The van der Waals surface area contributed by atoms with Crippen LogP contribution in [0.4, 0.5) is 10.5 Å². The Kier molecular flexibility index (Phi) is 4.57. The summed E-state index contributed by atoms with van der Waals surface area (Å²) in [5.74, 6) is -0.0638. The van der Waals surface area contributed by atoms with E-state index in [9.17, 15) is 9.59 Å². The minimum absolute atomic E-state index is 0.0638. The summed E-state index contributed by atoms with van der Waals surface area (Å²) < 4.78 is 0. The molecule has 1 heterocycles. The monoisotopic (exact) mass is 309 g/mol. The van der Waals surface area contributed by atoms with Gasteiger partial charge in [0.15, 0.2) is 0 Å². The molecule has 3 rings (SSSR count). The number of carbonyl (C=O) groups is 2. The zero-order chi connectivity index (χ0) is 16.1. The molecule has 1 aliphatic rings. The van der Waals surface area contributed by atoms with Crippen LogP contribution in [-0.2, 0) is 11.3 Å². The van der Waals surface area contributed by atoms with Gasteiger partial charge in [0.2, 0.25) is 5.91 Å². The van der Waals surface area contributed by atoms with E-state index >= 15 is 0 Å². The molecule has 5 heteroatoms. The van der Waals surface area contributed by atoms with Crippen LogP contribution in [0, 0.1) is 0 Å². The van der Waals surface area contributed by atoms with Crippen molar-refractivity contribution < 1.29 is 9.59 Å². The molecule has 0 aromatic heterocycles. The van der Waals surface area contributed by atoms with Crippen LogP contribution in [0.25, 0.3) is 0 Å². The molecule has 0 bridgehead atoms. The predicted octanol–water partition coefficient (Wildman–Crippen LogP) is 2.29. The maximum atomic E-state index is 12.4. The van der Waals surface area contributed by atoms with E-state index in [1.54, 1.807) is 4.90 Å². The fourth-order valence-corrected chi connectivity index (χ4v) is 2.67. The van der Waals surface area contributed by atoms with Gasteiger partial charge in [0.1, 0.15) is 6.04 Å². The molecule has 2 N–H and O–H groups in total. The van der Waals surface area contributed by atoms with Crippen molar-refractivity contribution in [3.8, 4) is 0 Å². The number of urea groups is 1. The van der Waals surface area contributed by atoms with Crippen molar-refractivity contribution in [3.05, 3.63) is 66.2 Å². The molecule has 3 amide bonds. The molecule has 23 heavy (non-hydrogen) atoms. The van der Waals surface area contributed by atoms with Crippen LogP contribution in [0.1, 0.15) is 12.0 Å². The molecule has 1 aliphatic heterocycles. The second-order valence-electron chi connectivity index (χ2n) is 5.48. The number of anilines is 1. The van der Waals surface area contributed by atoms with Gasteiger partial charge in [0.25, 0.3) is 0 Å². The molecular formula is C18H19N3O2. The molecule has 1 fully saturated rings. The van der Waals surface area contributed by atoms with E-state index in [2.05, 4.69) is 10.6 Å². The fourth-order valence-electron chi connectivity index (χ4n) is 2.67. The predicted molar refractivity (Wildman–Crippen MR) is 89.0 cm³/mol. The van der Waals surface area contributed by atoms with E-state index in [1.807, 2.05) is 60.7 Å². The summed E-state index contributed by atoms with van der Waals surface area (Å²) in [4.78, 5) is 26.1. The van der Waals surface area contributed by atoms with E-state index < -0.39 is 6.04 Å². The van der Waals surface area contributed by atoms with Gasteiger partial charge in [-0.05, 0) is 24.1 Å². The lowest BCUT2D eigenvalue weighted by Crippen LogP contribution is -2.45. The fraction of sp³-hybridized carbons (Fsp3) is 0.222. The molecule has 2 aromatic rings. The maximum Gasteiger partial charge on any atom is 0.315 e. The first kappa shape index (κ1) is 15.1. The molecule has 5 nitrogen and oxygen atoms in total. The number of para-hydroxylation sites is 1. The van der Waals surface area contributed by atoms with Gasteiger partial charge in [-0.25, -0.2) is 4.79 Å². The normalized spacial score (nSPS) is 17.1. The number of nitrogens with zero attached hydrogens (tertiary/aromatic N) is 1. The van der Waals surface area contributed by atoms with Crippen LogP contribution >= 0.6 is 0 Å². The number of hydrogen-bond donors (Lipinski definition) is 2. The van der Waals surface area contributed by atoms with E-state index in [4.69, 9.17) is 0 Å². The number of carbonyl (C=O) groups excluding carboxylic acids is 2. The molecule has 0 aliphatic carbocycles. The highest BCUT2D eigenvalue weighted by atomic mass is 16.2. The van der Waals surface area contributed by atoms with E-state index in [-0.39, 0.29) is 11.9 Å². The zero-order valence-corrected chi connectivity index (χ0v) is 12.7. The van der Waals surface area contributed by atoms with Gasteiger partial charge in [-0.2, -0.15) is 0 Å². The molecule has 1 atom stereocenters. The van der Waals surface area contributed by atoms with Crippen molar-refractivity contribution >= 4 is 17.6 Å². The van der Waals surface area contributed by atoms with Gasteiger partial charge in [0, 0.05) is 18.8 Å². The van der Waals surface area contributed by atoms with Gasteiger partial charge in [-0.15, -0.1) is 0 Å². The first-order chi connectivity index (χ1) is 11.2. The highest BCUT2D eigenvalue weighted by Gasteiger charge is 2.33. The van der Waals surface area contributed by atoms with Gasteiger partial charge < -0.3 is 15.5 Å². The highest BCUT2D eigenvalue weighted by Crippen LogP contribution is 2.20. The number of nitrogens with one attached hydrogen (secondary N) is 2. The summed E-state index contributed by atoms with van der Waals surface area (Å²) >= 11 is 0. The smallest absolute Gasteiger partial charge is 0.315 e. The molecule has 118 valence electrons. The average Bonchev–Trinajstić information content (AvgIpc) is 2.95. The highest BCUT2D eigenvalue weighted by molar-refractivity contribution is 6.01. The van der Waals surface area contributed by atoms with Crippen LogP contribution in [0.3, 0.4) is 0 Å². The van der Waals surface area contributed by atoms with E-state index in [0.29, 0.717) is 19.5 Å². The van der Waals surface area contributed by atoms with Crippen LogP contribution < -0.4 is 15.5 Å². The lowest BCUT2D eigenvalue weighted by Gasteiger charge is -2.17. The third-order valence-corrected chi connectivity index (χ3v) is 3.87. The Morgan fingerprint density at radius 1 is 1.04 bits per heavy atom. The number of benzene rings is 2. The number of hydrogen-bond acceptors (Lipinski definition) is 2. The summed E-state index contributed by atoms with van der Waals surface area (Å²) in [6, 6.07) is 18.4. The van der Waals surface area contributed by atoms with Crippen molar-refractivity contribution in [2.75, 3.05) is 11.4 Å². The summed E-state index contributed by atoms with van der Waals surface area (Å²) in [6.07, 6.45) is 0.618. The van der Waals surface area contributed by atoms with Crippen molar-refractivity contribution in [3.63, 3.8) is 0 Å². The first-order valence-electron chi connectivity index (χ1n) is 7.69. The summed E-state index contributed by atoms with van der Waals surface area (Å²) in [6.45, 7) is 1.06. The number of rotatable bonds is 4. The molecular weight excluding hydrogens is 290 g/mol. The van der Waals surface area contributed by atoms with Crippen molar-refractivity contribution in [1.29, 1.82) is 0 Å². The van der Waals surface area contributed by atoms with Crippen molar-refractivity contribution in [2.45, 2.75) is 19.0 Å². The molecule has 1 saturated heterocycles. The van der Waals surface area contributed by atoms with E-state index in [0.717, 1.165) is 11.3 Å². The topological polar surface area (TPSA) is 61.4 Å². The average molecular weight is 309 g/mol. The second kappa shape index (κ2) is 6.96. The van der Waals surface area contributed by atoms with Crippen LogP contribution in [-0.4, -0.2) is 24.5 Å². The second-order valence-corrected chi connectivity index (χ2v) is 5.48. The van der Waals surface area contributed by atoms with E-state index in [1.165, 1.54) is 0 Å². The molecule has 0 unspecified atom stereocenters. The van der Waals surface area contributed by atoms with Crippen molar-refractivity contribution in [1.82, 2.24) is 10.6 Å². The lowest BCUT2D eigenvalue weighted by atomic mass is 10.2. The maximum absolute atomic E-state index is 12.4. The minimum atomic E-state index is -0.467. The lowest BCUT2D eigenvalue weighted by molar-refractivity contribution is -0.118. The Bertz CT molecular complexity index is 673. The third kappa shape index (κ3) is 3.69. The quantitative estimate of drug-likeness (QED) is 0.910. The van der Waals surface area contributed by atoms with Gasteiger partial charge in [-0.3, -0.25) is 4.79 Å². The zero-order valence-electron chi connectivity index (χ0n) is 12.7. The Balaban J connectivity index is 1.52. The Morgan fingerprint density at radius 3 is 2.39 bits per heavy atom. The minimum Gasteiger partial charge on any atom is -0.334 e. The van der Waals surface area contributed by atoms with Crippen molar-refractivity contribution in [2.24, 2.45) is 0 Å². The Hall–Kier alpha value is -2.82. The Labute approximate surface area is 135 Å². The van der Waals surface area contributed by atoms with Gasteiger partial charge in [-0.1, -0.05) is 48.5 Å². The van der Waals surface area contributed by atoms with Crippen LogP contribution in [0.5, 0.6) is 0 Å². The molecule has 0 spiro atoms. The van der Waals surface area contributed by atoms with Gasteiger partial charge in [0.05, 0.1) is 0 Å². The molecule has 0 saturated carbocycles. The Morgan fingerprint density at radius 2 is 1.70 bits per heavy atom. The summed E-state index contributed by atoms with van der Waals surface area (Å²) in [7, 11) is 0. The molecule has 2 aromatic carbocycles. The van der Waals surface area contributed by atoms with Gasteiger partial charge >= 0.3 is 6.03 Å². The summed E-state index contributed by atoms with van der Waals surface area (Å²) in [5.41, 5.74) is 1.89. The van der Waals surface area contributed by atoms with Crippen LogP contribution in [0.2, 0.25) is 0 Å². The molecule has 0 radical (unpaired) electrons. The van der Waals surface area contributed by atoms with Crippen LogP contribution in [0.15, 0.2) is 60.7 Å². The SMILES string of the molecule is O=C(NCc1ccccc1)N[C@@H]1CCN(c2ccccc2)C1=O. The third-order valence-electron chi connectivity index (χ3n) is 3.87. The first-order valence-corrected chi connectivity index (χ1v) is 7.69. The standard InChI is InChI=1S/C18H19N3O2/c22-17-16(11-12-21(17)15-9-5-2-6-10-15)20-18(23)19-13-14-7-3-1-4-8-14/h1-10,16H,11-13H2,(H2,19,20,23)/t16-/m1/s1. The number of amides is 3. The summed E-state index contributed by atoms with van der Waals surface area (Å²) in [5, 5.41) is 5.54.